The first-order chi connectivity index (χ1) is 11.7. The lowest BCUT2D eigenvalue weighted by Gasteiger charge is -2.22. The molecule has 1 aromatic heterocycles. The van der Waals surface area contributed by atoms with Gasteiger partial charge in [-0.25, -0.2) is 0 Å². The Morgan fingerprint density at radius 1 is 1.28 bits per heavy atom. The maximum Gasteiger partial charge on any atom is 0.276 e. The third-order valence-corrected chi connectivity index (χ3v) is 4.13. The summed E-state index contributed by atoms with van der Waals surface area (Å²) in [4.78, 5) is 12.4. The zero-order chi connectivity index (χ0) is 16.9. The van der Waals surface area contributed by atoms with Crippen molar-refractivity contribution in [1.29, 1.82) is 0 Å². The number of anilines is 1. The quantitative estimate of drug-likeness (QED) is 0.850. The minimum Gasteiger partial charge on any atom is -0.493 e. The molecular weight excluding hydrogens is 344 g/mol. The van der Waals surface area contributed by atoms with Gasteiger partial charge in [-0.1, -0.05) is 0 Å². The van der Waals surface area contributed by atoms with Gasteiger partial charge in [0.25, 0.3) is 5.91 Å². The molecule has 1 aromatic carbocycles. The van der Waals surface area contributed by atoms with Crippen LogP contribution in [0, 0.1) is 0 Å². The minimum atomic E-state index is -0.246. The van der Waals surface area contributed by atoms with Gasteiger partial charge >= 0.3 is 0 Å². The number of piperidine rings is 1. The molecule has 2 aromatic rings. The van der Waals surface area contributed by atoms with Crippen molar-refractivity contribution < 1.29 is 14.3 Å². The Labute approximate surface area is 153 Å². The van der Waals surface area contributed by atoms with Crippen LogP contribution in [0.3, 0.4) is 0 Å². The van der Waals surface area contributed by atoms with Crippen molar-refractivity contribution in [1.82, 2.24) is 15.1 Å². The van der Waals surface area contributed by atoms with Gasteiger partial charge in [0.15, 0.2) is 17.2 Å². The largest absolute Gasteiger partial charge is 0.493 e. The van der Waals surface area contributed by atoms with Crippen molar-refractivity contribution in [2.45, 2.75) is 18.9 Å². The molecule has 2 N–H and O–H groups in total. The van der Waals surface area contributed by atoms with Gasteiger partial charge in [-0.2, -0.15) is 5.10 Å². The lowest BCUT2D eigenvalue weighted by atomic mass is 10.1. The van der Waals surface area contributed by atoms with Crippen molar-refractivity contribution >= 4 is 24.0 Å². The first-order valence-corrected chi connectivity index (χ1v) is 8.00. The molecule has 2 heterocycles. The van der Waals surface area contributed by atoms with E-state index < -0.39 is 0 Å². The number of hydrogen-bond donors (Lipinski definition) is 2. The van der Waals surface area contributed by atoms with Crippen molar-refractivity contribution in [3.05, 3.63) is 36.2 Å². The molecule has 0 spiro atoms. The van der Waals surface area contributed by atoms with Crippen LogP contribution in [0.4, 0.5) is 5.69 Å². The number of nitrogens with one attached hydrogen (secondary N) is 2. The zero-order valence-corrected chi connectivity index (χ0v) is 15.1. The lowest BCUT2D eigenvalue weighted by Crippen LogP contribution is -2.32. The van der Waals surface area contributed by atoms with Gasteiger partial charge in [0, 0.05) is 24.5 Å². The second kappa shape index (κ2) is 8.73. The average molecular weight is 367 g/mol. The number of benzene rings is 1. The molecule has 8 heteroatoms. The van der Waals surface area contributed by atoms with E-state index in [4.69, 9.17) is 9.47 Å². The van der Waals surface area contributed by atoms with E-state index in [0.717, 1.165) is 25.9 Å². The normalized spacial score (nSPS) is 16.6. The van der Waals surface area contributed by atoms with Crippen LogP contribution in [0.5, 0.6) is 11.5 Å². The number of aromatic nitrogens is 2. The second-order valence-corrected chi connectivity index (χ2v) is 5.71. The number of nitrogens with zero attached hydrogens (tertiary/aromatic N) is 2. The molecule has 3 rings (SSSR count). The van der Waals surface area contributed by atoms with E-state index in [1.54, 1.807) is 38.5 Å². The average Bonchev–Trinajstić information content (AvgIpc) is 3.12. The number of methoxy groups -OCH3 is 2. The SMILES string of the molecule is COc1ccc(NC(=O)c2ccn(C3CCCNC3)n2)cc1OC.Cl. The van der Waals surface area contributed by atoms with Crippen LogP contribution in [-0.4, -0.2) is 43.0 Å². The third kappa shape index (κ3) is 4.43. The molecule has 0 saturated carbocycles. The summed E-state index contributed by atoms with van der Waals surface area (Å²) in [5, 5.41) is 10.6. The first kappa shape index (κ1) is 19.1. The summed E-state index contributed by atoms with van der Waals surface area (Å²) in [6.45, 7) is 1.93. The smallest absolute Gasteiger partial charge is 0.276 e. The molecule has 1 unspecified atom stereocenters. The highest BCUT2D eigenvalue weighted by molar-refractivity contribution is 6.02. The van der Waals surface area contributed by atoms with Crippen LogP contribution < -0.4 is 20.1 Å². The predicted molar refractivity (Wildman–Crippen MR) is 98.1 cm³/mol. The number of hydrogen-bond acceptors (Lipinski definition) is 5. The molecule has 1 amide bonds. The van der Waals surface area contributed by atoms with Crippen LogP contribution in [0.25, 0.3) is 0 Å². The van der Waals surface area contributed by atoms with Crippen molar-refractivity contribution in [2.75, 3.05) is 32.6 Å². The Bertz CT molecular complexity index is 714. The van der Waals surface area contributed by atoms with E-state index >= 15 is 0 Å². The van der Waals surface area contributed by atoms with Crippen molar-refractivity contribution in [3.63, 3.8) is 0 Å². The molecule has 1 aliphatic heterocycles. The number of carbonyl (C=O) groups is 1. The highest BCUT2D eigenvalue weighted by atomic mass is 35.5. The molecule has 1 aliphatic rings. The number of halogens is 1. The maximum atomic E-state index is 12.4. The van der Waals surface area contributed by atoms with Crippen molar-refractivity contribution in [2.24, 2.45) is 0 Å². The van der Waals surface area contributed by atoms with E-state index in [9.17, 15) is 4.79 Å². The third-order valence-electron chi connectivity index (χ3n) is 4.13. The van der Waals surface area contributed by atoms with E-state index in [2.05, 4.69) is 15.7 Å². The molecule has 1 atom stereocenters. The Morgan fingerprint density at radius 2 is 2.08 bits per heavy atom. The van der Waals surface area contributed by atoms with Gasteiger partial charge in [-0.3, -0.25) is 9.48 Å². The van der Waals surface area contributed by atoms with Gasteiger partial charge < -0.3 is 20.1 Å². The fourth-order valence-electron chi connectivity index (χ4n) is 2.83. The molecule has 1 fully saturated rings. The van der Waals surface area contributed by atoms with Crippen LogP contribution >= 0.6 is 12.4 Å². The van der Waals surface area contributed by atoms with Crippen LogP contribution in [0.15, 0.2) is 30.5 Å². The Kier molecular flexibility index (Phi) is 6.66. The first-order valence-electron chi connectivity index (χ1n) is 8.00. The van der Waals surface area contributed by atoms with E-state index in [1.807, 2.05) is 10.9 Å². The number of rotatable bonds is 5. The Balaban J connectivity index is 0.00000225. The van der Waals surface area contributed by atoms with Gasteiger partial charge in [-0.15, -0.1) is 12.4 Å². The van der Waals surface area contributed by atoms with Gasteiger partial charge in [-0.05, 0) is 37.6 Å². The number of carbonyl (C=O) groups excluding carboxylic acids is 1. The highest BCUT2D eigenvalue weighted by Gasteiger charge is 2.18. The topological polar surface area (TPSA) is 77.4 Å². The molecule has 7 nitrogen and oxygen atoms in total. The Hall–Kier alpha value is -2.25. The standard InChI is InChI=1S/C17H22N4O3.ClH/c1-23-15-6-5-12(10-16(15)24-2)19-17(22)14-7-9-21(20-14)13-4-3-8-18-11-13;/h5-7,9-10,13,18H,3-4,8,11H2,1-2H3,(H,19,22);1H. The van der Waals surface area contributed by atoms with Crippen LogP contribution in [0.1, 0.15) is 29.4 Å². The summed E-state index contributed by atoms with van der Waals surface area (Å²) < 4.78 is 12.3. The maximum absolute atomic E-state index is 12.4. The Morgan fingerprint density at radius 3 is 2.76 bits per heavy atom. The van der Waals surface area contributed by atoms with Gasteiger partial charge in [0.05, 0.1) is 20.3 Å². The fraction of sp³-hybridized carbons (Fsp3) is 0.412. The minimum absolute atomic E-state index is 0. The predicted octanol–water partition coefficient (Wildman–Crippen LogP) is 2.50. The number of ether oxygens (including phenoxy) is 2. The van der Waals surface area contributed by atoms with E-state index in [1.165, 1.54) is 0 Å². The summed E-state index contributed by atoms with van der Waals surface area (Å²) in [6, 6.07) is 7.28. The molecule has 0 radical (unpaired) electrons. The van der Waals surface area contributed by atoms with Crippen LogP contribution in [0.2, 0.25) is 0 Å². The zero-order valence-electron chi connectivity index (χ0n) is 14.3. The molecule has 1 saturated heterocycles. The second-order valence-electron chi connectivity index (χ2n) is 5.71. The molecular formula is C17H23ClN4O3. The van der Waals surface area contributed by atoms with Gasteiger partial charge in [0.2, 0.25) is 0 Å². The molecule has 0 aliphatic carbocycles. The lowest BCUT2D eigenvalue weighted by molar-refractivity contribution is 0.102. The highest BCUT2D eigenvalue weighted by Crippen LogP contribution is 2.29. The summed E-state index contributed by atoms with van der Waals surface area (Å²) in [5.74, 6) is 0.934. The summed E-state index contributed by atoms with van der Waals surface area (Å²) in [5.41, 5.74) is 1.03. The fourth-order valence-corrected chi connectivity index (χ4v) is 2.83. The molecule has 25 heavy (non-hydrogen) atoms. The summed E-state index contributed by atoms with van der Waals surface area (Å²) >= 11 is 0. The molecule has 136 valence electrons. The monoisotopic (exact) mass is 366 g/mol. The summed E-state index contributed by atoms with van der Waals surface area (Å²) in [7, 11) is 3.13. The number of amides is 1. The summed E-state index contributed by atoms with van der Waals surface area (Å²) in [6.07, 6.45) is 4.06. The van der Waals surface area contributed by atoms with Gasteiger partial charge in [0.1, 0.15) is 0 Å². The van der Waals surface area contributed by atoms with E-state index in [0.29, 0.717) is 28.9 Å². The van der Waals surface area contributed by atoms with Crippen LogP contribution in [-0.2, 0) is 0 Å². The van der Waals surface area contributed by atoms with E-state index in [-0.39, 0.29) is 18.3 Å². The molecule has 0 bridgehead atoms. The van der Waals surface area contributed by atoms with Crippen molar-refractivity contribution in [3.8, 4) is 11.5 Å².